The van der Waals surface area contributed by atoms with Crippen molar-refractivity contribution in [3.8, 4) is 17.2 Å². The molecule has 2 aromatic carbocycles. The Bertz CT molecular complexity index is 992. The monoisotopic (exact) mass is 392 g/mol. The fraction of sp³-hybridized carbons (Fsp3) is 0.318. The summed E-state index contributed by atoms with van der Waals surface area (Å²) in [7, 11) is 1.59. The maximum Gasteiger partial charge on any atom is 0.259 e. The molecule has 1 aromatic heterocycles. The molecule has 0 atom stereocenters. The third kappa shape index (κ3) is 4.23. The number of nitrogens with one attached hydrogen (secondary N) is 1. The lowest BCUT2D eigenvalue weighted by atomic mass is 10.1. The maximum absolute atomic E-state index is 12.8. The Morgan fingerprint density at radius 2 is 1.83 bits per heavy atom. The fourth-order valence-corrected chi connectivity index (χ4v) is 3.52. The van der Waals surface area contributed by atoms with Crippen molar-refractivity contribution in [2.24, 2.45) is 0 Å². The molecule has 1 aliphatic heterocycles. The molecular formula is C22H24N4O3. The minimum Gasteiger partial charge on any atom is -0.496 e. The van der Waals surface area contributed by atoms with Crippen molar-refractivity contribution < 1.29 is 13.9 Å². The zero-order valence-corrected chi connectivity index (χ0v) is 16.6. The van der Waals surface area contributed by atoms with E-state index in [1.807, 2.05) is 30.3 Å². The van der Waals surface area contributed by atoms with E-state index in [2.05, 4.69) is 20.4 Å². The topological polar surface area (TPSA) is 80.5 Å². The Balaban J connectivity index is 1.48. The Morgan fingerprint density at radius 3 is 2.48 bits per heavy atom. The molecule has 4 rings (SSSR count). The molecule has 7 heteroatoms. The molecule has 1 amide bonds. The van der Waals surface area contributed by atoms with E-state index in [-0.39, 0.29) is 5.91 Å². The van der Waals surface area contributed by atoms with Crippen molar-refractivity contribution in [2.75, 3.05) is 30.4 Å². The number of hydrogen-bond donors (Lipinski definition) is 1. The molecule has 1 aliphatic rings. The number of amides is 1. The normalized spacial score (nSPS) is 13.9. The van der Waals surface area contributed by atoms with Gasteiger partial charge in [-0.3, -0.25) is 4.79 Å². The highest BCUT2D eigenvalue weighted by molar-refractivity contribution is 6.06. The van der Waals surface area contributed by atoms with Crippen LogP contribution in [0.3, 0.4) is 0 Å². The van der Waals surface area contributed by atoms with E-state index in [0.717, 1.165) is 24.3 Å². The lowest BCUT2D eigenvalue weighted by Gasteiger charge is -2.29. The highest BCUT2D eigenvalue weighted by atomic mass is 16.5. The van der Waals surface area contributed by atoms with Crippen LogP contribution in [0.2, 0.25) is 0 Å². The number of aryl methyl sites for hydroxylation is 1. The highest BCUT2D eigenvalue weighted by Gasteiger charge is 2.17. The minimum atomic E-state index is -0.214. The van der Waals surface area contributed by atoms with Gasteiger partial charge < -0.3 is 19.4 Å². The van der Waals surface area contributed by atoms with Crippen LogP contribution in [0.15, 0.2) is 46.9 Å². The standard InChI is InChI=1S/C22H24N4O3/c1-15-24-25-22(29-15)16-6-8-17(9-7-16)23-21(27)19-11-10-18(14-20(19)28-2)26-12-4-3-5-13-26/h6-11,14H,3-5,12-13H2,1-2H3,(H,23,27). The van der Waals surface area contributed by atoms with Gasteiger partial charge in [-0.1, -0.05) is 0 Å². The average Bonchev–Trinajstić information content (AvgIpc) is 3.20. The number of rotatable bonds is 5. The van der Waals surface area contributed by atoms with Gasteiger partial charge in [0.25, 0.3) is 5.91 Å². The Labute approximate surface area is 169 Å². The summed E-state index contributed by atoms with van der Waals surface area (Å²) in [6, 6.07) is 13.0. The predicted molar refractivity (Wildman–Crippen MR) is 111 cm³/mol. The van der Waals surface area contributed by atoms with Crippen LogP contribution in [-0.2, 0) is 0 Å². The number of benzene rings is 2. The molecule has 2 heterocycles. The predicted octanol–water partition coefficient (Wildman–Crippen LogP) is 4.30. The summed E-state index contributed by atoms with van der Waals surface area (Å²) in [5, 5.41) is 10.7. The van der Waals surface area contributed by atoms with Crippen molar-refractivity contribution >= 4 is 17.3 Å². The van der Waals surface area contributed by atoms with Crippen LogP contribution < -0.4 is 15.0 Å². The van der Waals surface area contributed by atoms with Crippen LogP contribution in [0.25, 0.3) is 11.5 Å². The Hall–Kier alpha value is -3.35. The molecule has 3 aromatic rings. The number of carbonyl (C=O) groups excluding carboxylic acids is 1. The molecule has 0 saturated carbocycles. The molecule has 29 heavy (non-hydrogen) atoms. The number of methoxy groups -OCH3 is 1. The van der Waals surface area contributed by atoms with Crippen molar-refractivity contribution in [3.63, 3.8) is 0 Å². The molecule has 0 bridgehead atoms. The second-order valence-electron chi connectivity index (χ2n) is 7.09. The lowest BCUT2D eigenvalue weighted by molar-refractivity contribution is 0.102. The Morgan fingerprint density at radius 1 is 1.07 bits per heavy atom. The van der Waals surface area contributed by atoms with Crippen LogP contribution in [0.1, 0.15) is 35.5 Å². The van der Waals surface area contributed by atoms with E-state index >= 15 is 0 Å². The van der Waals surface area contributed by atoms with Gasteiger partial charge in [0.2, 0.25) is 11.8 Å². The zero-order valence-electron chi connectivity index (χ0n) is 16.6. The summed E-state index contributed by atoms with van der Waals surface area (Å²) in [5.74, 6) is 1.32. The van der Waals surface area contributed by atoms with Crippen molar-refractivity contribution in [1.29, 1.82) is 0 Å². The van der Waals surface area contributed by atoms with Gasteiger partial charge in [0.15, 0.2) is 0 Å². The first-order valence-corrected chi connectivity index (χ1v) is 9.79. The molecule has 7 nitrogen and oxygen atoms in total. The summed E-state index contributed by atoms with van der Waals surface area (Å²) in [6.45, 7) is 3.83. The lowest BCUT2D eigenvalue weighted by Crippen LogP contribution is -2.29. The van der Waals surface area contributed by atoms with Crippen molar-refractivity contribution in [2.45, 2.75) is 26.2 Å². The quantitative estimate of drug-likeness (QED) is 0.697. The molecule has 0 aliphatic carbocycles. The van der Waals surface area contributed by atoms with E-state index < -0.39 is 0 Å². The van der Waals surface area contributed by atoms with Gasteiger partial charge in [-0.15, -0.1) is 10.2 Å². The van der Waals surface area contributed by atoms with E-state index in [1.54, 1.807) is 26.2 Å². The van der Waals surface area contributed by atoms with Gasteiger partial charge in [-0.25, -0.2) is 0 Å². The van der Waals surface area contributed by atoms with Gasteiger partial charge in [-0.05, 0) is 55.7 Å². The van der Waals surface area contributed by atoms with Crippen LogP contribution in [0, 0.1) is 6.92 Å². The number of nitrogens with zero attached hydrogens (tertiary/aromatic N) is 3. The molecule has 1 fully saturated rings. The smallest absolute Gasteiger partial charge is 0.259 e. The van der Waals surface area contributed by atoms with Crippen molar-refractivity contribution in [1.82, 2.24) is 10.2 Å². The molecule has 0 radical (unpaired) electrons. The van der Waals surface area contributed by atoms with Crippen LogP contribution in [0.5, 0.6) is 5.75 Å². The molecule has 1 N–H and O–H groups in total. The number of anilines is 2. The van der Waals surface area contributed by atoms with Crippen LogP contribution >= 0.6 is 0 Å². The van der Waals surface area contributed by atoms with Gasteiger partial charge in [0.1, 0.15) is 5.75 Å². The number of ether oxygens (including phenoxy) is 1. The van der Waals surface area contributed by atoms with E-state index in [1.165, 1.54) is 19.3 Å². The third-order valence-electron chi connectivity index (χ3n) is 5.07. The first-order valence-electron chi connectivity index (χ1n) is 9.79. The molecule has 0 spiro atoms. The summed E-state index contributed by atoms with van der Waals surface area (Å²) in [5.41, 5.74) is 3.08. The number of hydrogen-bond acceptors (Lipinski definition) is 6. The number of carbonyl (C=O) groups is 1. The van der Waals surface area contributed by atoms with Crippen LogP contribution in [-0.4, -0.2) is 36.3 Å². The molecule has 0 unspecified atom stereocenters. The van der Waals surface area contributed by atoms with Gasteiger partial charge in [0.05, 0.1) is 12.7 Å². The SMILES string of the molecule is COc1cc(N2CCCCC2)ccc1C(=O)Nc1ccc(-c2nnc(C)o2)cc1. The van der Waals surface area contributed by atoms with Gasteiger partial charge in [-0.2, -0.15) is 0 Å². The zero-order chi connectivity index (χ0) is 20.2. The number of piperidine rings is 1. The molecule has 150 valence electrons. The average molecular weight is 392 g/mol. The second kappa shape index (κ2) is 8.34. The summed E-state index contributed by atoms with van der Waals surface area (Å²) in [6.07, 6.45) is 3.67. The largest absolute Gasteiger partial charge is 0.496 e. The maximum atomic E-state index is 12.8. The summed E-state index contributed by atoms with van der Waals surface area (Å²) in [4.78, 5) is 15.1. The summed E-state index contributed by atoms with van der Waals surface area (Å²) >= 11 is 0. The highest BCUT2D eigenvalue weighted by Crippen LogP contribution is 2.28. The first-order chi connectivity index (χ1) is 14.1. The minimum absolute atomic E-state index is 0.214. The van der Waals surface area contributed by atoms with Crippen LogP contribution in [0.4, 0.5) is 11.4 Å². The van der Waals surface area contributed by atoms with Crippen molar-refractivity contribution in [3.05, 3.63) is 53.9 Å². The first kappa shape index (κ1) is 19.0. The third-order valence-corrected chi connectivity index (χ3v) is 5.07. The molecular weight excluding hydrogens is 368 g/mol. The van der Waals surface area contributed by atoms with Gasteiger partial charge >= 0.3 is 0 Å². The molecule has 1 saturated heterocycles. The van der Waals surface area contributed by atoms with E-state index in [0.29, 0.717) is 28.8 Å². The summed E-state index contributed by atoms with van der Waals surface area (Å²) < 4.78 is 10.9. The number of aromatic nitrogens is 2. The fourth-order valence-electron chi connectivity index (χ4n) is 3.52. The van der Waals surface area contributed by atoms with E-state index in [4.69, 9.17) is 9.15 Å². The second-order valence-corrected chi connectivity index (χ2v) is 7.09. The Kier molecular flexibility index (Phi) is 5.46. The van der Waals surface area contributed by atoms with E-state index in [9.17, 15) is 4.79 Å². The van der Waals surface area contributed by atoms with Gasteiger partial charge in [0, 0.05) is 43.0 Å².